The van der Waals surface area contributed by atoms with Crippen LogP contribution in [-0.2, 0) is 13.0 Å². The fourth-order valence-corrected chi connectivity index (χ4v) is 2.64. The van der Waals surface area contributed by atoms with Crippen LogP contribution in [0, 0.1) is 0 Å². The third kappa shape index (κ3) is 4.63. The molecule has 0 bridgehead atoms. The molecule has 124 valence electrons. The van der Waals surface area contributed by atoms with Gasteiger partial charge in [0.25, 0.3) is 0 Å². The Bertz CT molecular complexity index is 854. The lowest BCUT2D eigenvalue weighted by atomic mass is 10.0. The Kier molecular flexibility index (Phi) is 5.70. The average molecular weight is 329 g/mol. The number of azide groups is 1. The van der Waals surface area contributed by atoms with Crippen LogP contribution in [0.15, 0.2) is 84.0 Å². The van der Waals surface area contributed by atoms with Gasteiger partial charge in [-0.2, -0.15) is 0 Å². The van der Waals surface area contributed by atoms with Gasteiger partial charge in [-0.25, -0.2) is 0 Å². The van der Waals surface area contributed by atoms with E-state index < -0.39 is 0 Å². The first-order valence-corrected chi connectivity index (χ1v) is 8.23. The molecule has 0 saturated heterocycles. The van der Waals surface area contributed by atoms with E-state index in [2.05, 4.69) is 52.5 Å². The summed E-state index contributed by atoms with van der Waals surface area (Å²) in [5.41, 5.74) is 12.8. The van der Waals surface area contributed by atoms with Crippen LogP contribution in [0.3, 0.4) is 0 Å². The molecule has 0 fully saturated rings. The van der Waals surface area contributed by atoms with Crippen molar-refractivity contribution in [2.75, 3.05) is 6.54 Å². The van der Waals surface area contributed by atoms with Crippen LogP contribution in [0.4, 0.5) is 0 Å². The molecule has 0 aliphatic heterocycles. The minimum absolute atomic E-state index is 0.483. The quantitative estimate of drug-likeness (QED) is 0.308. The molecule has 25 heavy (non-hydrogen) atoms. The molecule has 0 aromatic heterocycles. The molecule has 0 amide bonds. The zero-order valence-electron chi connectivity index (χ0n) is 13.9. The van der Waals surface area contributed by atoms with E-state index in [0.717, 1.165) is 34.4 Å². The molecule has 0 N–H and O–H groups in total. The van der Waals surface area contributed by atoms with Crippen LogP contribution in [0.1, 0.15) is 11.1 Å². The summed E-state index contributed by atoms with van der Waals surface area (Å²) in [5.74, 6) is 0.876. The second-order valence-electron chi connectivity index (χ2n) is 5.67. The number of para-hydroxylation sites is 1. The number of benzene rings is 3. The largest absolute Gasteiger partial charge is 0.488 e. The first kappa shape index (κ1) is 16.6. The first-order chi connectivity index (χ1) is 12.4. The van der Waals surface area contributed by atoms with Gasteiger partial charge < -0.3 is 4.74 Å². The lowest BCUT2D eigenvalue weighted by Gasteiger charge is -2.12. The third-order valence-electron chi connectivity index (χ3n) is 3.95. The topological polar surface area (TPSA) is 58.0 Å². The molecule has 0 radical (unpaired) electrons. The van der Waals surface area contributed by atoms with Crippen LogP contribution in [0.2, 0.25) is 0 Å². The molecule has 0 saturated carbocycles. The van der Waals surface area contributed by atoms with Crippen LogP contribution < -0.4 is 4.74 Å². The normalized spacial score (nSPS) is 10.1. The second-order valence-corrected chi connectivity index (χ2v) is 5.67. The van der Waals surface area contributed by atoms with Crippen molar-refractivity contribution in [1.82, 2.24) is 0 Å². The van der Waals surface area contributed by atoms with Crippen molar-refractivity contribution in [2.45, 2.75) is 13.0 Å². The van der Waals surface area contributed by atoms with E-state index in [0.29, 0.717) is 13.2 Å². The van der Waals surface area contributed by atoms with Crippen LogP contribution >= 0.6 is 0 Å². The van der Waals surface area contributed by atoms with Crippen molar-refractivity contribution in [3.8, 4) is 16.9 Å². The van der Waals surface area contributed by atoms with Gasteiger partial charge in [-0.15, -0.1) is 0 Å². The molecule has 4 heteroatoms. The fourth-order valence-electron chi connectivity index (χ4n) is 2.64. The summed E-state index contributed by atoms with van der Waals surface area (Å²) in [6, 6.07) is 26.5. The Labute approximate surface area is 147 Å². The molecule has 0 spiro atoms. The standard InChI is InChI=1S/C21H19N3O/c22-24-23-15-14-17-10-12-18(13-11-17)16-25-21-9-5-4-8-20(21)19-6-2-1-3-7-19/h1-13H,14-16H2. The Morgan fingerprint density at radius 2 is 1.48 bits per heavy atom. The van der Waals surface area contributed by atoms with E-state index in [1.165, 1.54) is 0 Å². The van der Waals surface area contributed by atoms with Gasteiger partial charge in [0.2, 0.25) is 0 Å². The first-order valence-electron chi connectivity index (χ1n) is 8.23. The minimum Gasteiger partial charge on any atom is -0.488 e. The molecule has 0 aliphatic carbocycles. The summed E-state index contributed by atoms with van der Waals surface area (Å²) in [4.78, 5) is 2.77. The van der Waals surface area contributed by atoms with E-state index in [-0.39, 0.29) is 0 Å². The zero-order chi connectivity index (χ0) is 17.3. The molecular weight excluding hydrogens is 310 g/mol. The van der Waals surface area contributed by atoms with Crippen molar-refractivity contribution in [3.63, 3.8) is 0 Å². The van der Waals surface area contributed by atoms with E-state index >= 15 is 0 Å². The van der Waals surface area contributed by atoms with Gasteiger partial charge in [-0.1, -0.05) is 77.9 Å². The summed E-state index contributed by atoms with van der Waals surface area (Å²) in [7, 11) is 0. The monoisotopic (exact) mass is 329 g/mol. The van der Waals surface area contributed by atoms with E-state index in [4.69, 9.17) is 10.3 Å². The van der Waals surface area contributed by atoms with Crippen molar-refractivity contribution < 1.29 is 4.74 Å². The number of hydrogen-bond donors (Lipinski definition) is 0. The van der Waals surface area contributed by atoms with Crippen molar-refractivity contribution in [2.24, 2.45) is 5.11 Å². The van der Waals surface area contributed by atoms with Gasteiger partial charge in [0.1, 0.15) is 12.4 Å². The van der Waals surface area contributed by atoms with Crippen molar-refractivity contribution in [1.29, 1.82) is 0 Å². The van der Waals surface area contributed by atoms with Gasteiger partial charge >= 0.3 is 0 Å². The summed E-state index contributed by atoms with van der Waals surface area (Å²) < 4.78 is 6.05. The van der Waals surface area contributed by atoms with Crippen LogP contribution in [0.5, 0.6) is 5.75 Å². The Morgan fingerprint density at radius 3 is 2.24 bits per heavy atom. The second kappa shape index (κ2) is 8.57. The van der Waals surface area contributed by atoms with Gasteiger partial charge in [-0.05, 0) is 34.7 Å². The third-order valence-corrected chi connectivity index (χ3v) is 3.95. The maximum absolute atomic E-state index is 8.31. The van der Waals surface area contributed by atoms with E-state index in [1.807, 2.05) is 36.4 Å². The number of hydrogen-bond acceptors (Lipinski definition) is 2. The molecule has 0 aliphatic rings. The maximum Gasteiger partial charge on any atom is 0.127 e. The highest BCUT2D eigenvalue weighted by Crippen LogP contribution is 2.30. The molecular formula is C21H19N3O. The van der Waals surface area contributed by atoms with Gasteiger partial charge in [-0.3, -0.25) is 0 Å². The van der Waals surface area contributed by atoms with Crippen molar-refractivity contribution >= 4 is 0 Å². The van der Waals surface area contributed by atoms with Gasteiger partial charge in [0.05, 0.1) is 0 Å². The molecule has 0 heterocycles. The molecule has 4 nitrogen and oxygen atoms in total. The average Bonchev–Trinajstić information content (AvgIpc) is 2.68. The number of rotatable bonds is 7. The molecule has 0 unspecified atom stereocenters. The van der Waals surface area contributed by atoms with E-state index in [1.54, 1.807) is 0 Å². The number of ether oxygens (including phenoxy) is 1. The summed E-state index contributed by atoms with van der Waals surface area (Å²) >= 11 is 0. The Hall–Kier alpha value is -3.23. The maximum atomic E-state index is 8.31. The summed E-state index contributed by atoms with van der Waals surface area (Å²) in [6.07, 6.45) is 0.752. The molecule has 3 aromatic rings. The fraction of sp³-hybridized carbons (Fsp3) is 0.143. The lowest BCUT2D eigenvalue weighted by Crippen LogP contribution is -1.97. The summed E-state index contributed by atoms with van der Waals surface area (Å²) in [6.45, 7) is 0.997. The number of nitrogens with zero attached hydrogens (tertiary/aromatic N) is 3. The lowest BCUT2D eigenvalue weighted by molar-refractivity contribution is 0.307. The predicted molar refractivity (Wildman–Crippen MR) is 100 cm³/mol. The highest BCUT2D eigenvalue weighted by Gasteiger charge is 2.05. The highest BCUT2D eigenvalue weighted by molar-refractivity contribution is 5.70. The van der Waals surface area contributed by atoms with Crippen LogP contribution in [0.25, 0.3) is 21.6 Å². The Balaban J connectivity index is 1.67. The van der Waals surface area contributed by atoms with Gasteiger partial charge in [0, 0.05) is 17.0 Å². The van der Waals surface area contributed by atoms with Crippen molar-refractivity contribution in [3.05, 3.63) is 100 Å². The SMILES string of the molecule is [N-]=[N+]=NCCc1ccc(COc2ccccc2-c2ccccc2)cc1. The van der Waals surface area contributed by atoms with E-state index in [9.17, 15) is 0 Å². The predicted octanol–water partition coefficient (Wildman–Crippen LogP) is 5.79. The molecule has 0 atom stereocenters. The smallest absolute Gasteiger partial charge is 0.127 e. The molecule has 3 aromatic carbocycles. The zero-order valence-corrected chi connectivity index (χ0v) is 13.9. The summed E-state index contributed by atoms with van der Waals surface area (Å²) in [5, 5.41) is 3.56. The highest BCUT2D eigenvalue weighted by atomic mass is 16.5. The molecule has 3 rings (SSSR count). The van der Waals surface area contributed by atoms with Crippen LogP contribution in [-0.4, -0.2) is 6.54 Å². The van der Waals surface area contributed by atoms with Gasteiger partial charge in [0.15, 0.2) is 0 Å². The minimum atomic E-state index is 0.483. The Morgan fingerprint density at radius 1 is 0.800 bits per heavy atom.